The number of hydrogen-bond donors (Lipinski definition) is 2. The average Bonchev–Trinajstić information content (AvgIpc) is 2.49. The highest BCUT2D eigenvalue weighted by Gasteiger charge is 2.04. The van der Waals surface area contributed by atoms with Gasteiger partial charge in [-0.15, -0.1) is 0 Å². The summed E-state index contributed by atoms with van der Waals surface area (Å²) in [4.78, 5) is 8.94. The summed E-state index contributed by atoms with van der Waals surface area (Å²) in [5, 5.41) is 6.62. The van der Waals surface area contributed by atoms with Gasteiger partial charge in [-0.25, -0.2) is 9.97 Å². The highest BCUT2D eigenvalue weighted by atomic mass is 32.2. The molecule has 0 saturated heterocycles. The molecule has 0 atom stereocenters. The Morgan fingerprint density at radius 1 is 1.10 bits per heavy atom. The van der Waals surface area contributed by atoms with Crippen LogP contribution in [-0.2, 0) is 11.3 Å². The summed E-state index contributed by atoms with van der Waals surface area (Å²) in [5.74, 6) is 3.70. The quantitative estimate of drug-likeness (QED) is 0.577. The van der Waals surface area contributed by atoms with E-state index in [0.29, 0.717) is 13.2 Å². The third kappa shape index (κ3) is 8.12. The van der Waals surface area contributed by atoms with Crippen LogP contribution in [0.15, 0.2) is 6.07 Å². The standard InChI is InChI=1S/C15H28N4OS/c1-4-16-13-11-14(17-9-7-6-8-10-21-3)19-15(18-13)12-20-5-2/h11H,4-10,12H2,1-3H3,(H2,16,17,18,19). The minimum absolute atomic E-state index is 0.456. The normalized spacial score (nSPS) is 10.6. The fourth-order valence-corrected chi connectivity index (χ4v) is 2.37. The summed E-state index contributed by atoms with van der Waals surface area (Å²) in [5.41, 5.74) is 0. The van der Waals surface area contributed by atoms with Crippen molar-refractivity contribution in [1.82, 2.24) is 9.97 Å². The van der Waals surface area contributed by atoms with Gasteiger partial charge in [0.15, 0.2) is 5.82 Å². The van der Waals surface area contributed by atoms with Crippen LogP contribution in [0.3, 0.4) is 0 Å². The molecule has 0 aliphatic heterocycles. The van der Waals surface area contributed by atoms with Crippen LogP contribution in [0, 0.1) is 0 Å². The highest BCUT2D eigenvalue weighted by molar-refractivity contribution is 7.98. The van der Waals surface area contributed by atoms with Gasteiger partial charge in [-0.3, -0.25) is 0 Å². The number of rotatable bonds is 12. The van der Waals surface area contributed by atoms with Crippen molar-refractivity contribution in [2.24, 2.45) is 0 Å². The summed E-state index contributed by atoms with van der Waals surface area (Å²) in [7, 11) is 0. The minimum Gasteiger partial charge on any atom is -0.374 e. The number of unbranched alkanes of at least 4 members (excludes halogenated alkanes) is 2. The topological polar surface area (TPSA) is 59.1 Å². The molecule has 1 aromatic rings. The van der Waals surface area contributed by atoms with Gasteiger partial charge in [0.2, 0.25) is 0 Å². The van der Waals surface area contributed by atoms with Crippen molar-refractivity contribution in [3.63, 3.8) is 0 Å². The lowest BCUT2D eigenvalue weighted by molar-refractivity contribution is 0.128. The first kappa shape index (κ1) is 18.0. The third-order valence-corrected chi connectivity index (χ3v) is 3.59. The van der Waals surface area contributed by atoms with Gasteiger partial charge in [-0.05, 0) is 38.7 Å². The zero-order chi connectivity index (χ0) is 15.3. The van der Waals surface area contributed by atoms with Crippen LogP contribution in [0.4, 0.5) is 11.6 Å². The van der Waals surface area contributed by atoms with E-state index in [0.717, 1.165) is 30.5 Å². The predicted octanol–water partition coefficient (Wildman–Crippen LogP) is 3.39. The smallest absolute Gasteiger partial charge is 0.158 e. The number of aromatic nitrogens is 2. The summed E-state index contributed by atoms with van der Waals surface area (Å²) in [6.45, 7) is 6.96. The second-order valence-electron chi connectivity index (χ2n) is 4.70. The highest BCUT2D eigenvalue weighted by Crippen LogP contribution is 2.12. The molecule has 0 aliphatic rings. The van der Waals surface area contributed by atoms with Crippen molar-refractivity contribution in [3.05, 3.63) is 11.9 Å². The summed E-state index contributed by atoms with van der Waals surface area (Å²) in [6.07, 6.45) is 5.86. The van der Waals surface area contributed by atoms with Crippen molar-refractivity contribution < 1.29 is 4.74 Å². The van der Waals surface area contributed by atoms with Crippen LogP contribution in [0.2, 0.25) is 0 Å². The lowest BCUT2D eigenvalue weighted by Crippen LogP contribution is -2.10. The van der Waals surface area contributed by atoms with E-state index in [-0.39, 0.29) is 0 Å². The Morgan fingerprint density at radius 2 is 1.86 bits per heavy atom. The van der Waals surface area contributed by atoms with Gasteiger partial charge in [0.25, 0.3) is 0 Å². The Bertz CT molecular complexity index is 390. The number of ether oxygens (including phenoxy) is 1. The molecule has 0 unspecified atom stereocenters. The largest absolute Gasteiger partial charge is 0.374 e. The Hall–Kier alpha value is -1.01. The molecule has 21 heavy (non-hydrogen) atoms. The van der Waals surface area contributed by atoms with E-state index in [1.807, 2.05) is 24.8 Å². The molecule has 0 radical (unpaired) electrons. The molecule has 0 aromatic carbocycles. The molecule has 120 valence electrons. The summed E-state index contributed by atoms with van der Waals surface area (Å²) < 4.78 is 5.39. The third-order valence-electron chi connectivity index (χ3n) is 2.90. The average molecular weight is 312 g/mol. The lowest BCUT2D eigenvalue weighted by atomic mass is 10.2. The fourth-order valence-electron chi connectivity index (χ4n) is 1.88. The molecule has 1 rings (SSSR count). The maximum Gasteiger partial charge on any atom is 0.158 e. The van der Waals surface area contributed by atoms with Crippen molar-refractivity contribution in [2.45, 2.75) is 39.7 Å². The molecule has 1 heterocycles. The van der Waals surface area contributed by atoms with E-state index in [1.54, 1.807) is 0 Å². The van der Waals surface area contributed by atoms with Gasteiger partial charge in [0.1, 0.15) is 18.2 Å². The van der Waals surface area contributed by atoms with E-state index in [9.17, 15) is 0 Å². The van der Waals surface area contributed by atoms with Crippen molar-refractivity contribution >= 4 is 23.4 Å². The Morgan fingerprint density at radius 3 is 2.52 bits per heavy atom. The maximum absolute atomic E-state index is 5.39. The van der Waals surface area contributed by atoms with Crippen LogP contribution >= 0.6 is 11.8 Å². The number of hydrogen-bond acceptors (Lipinski definition) is 6. The molecule has 0 spiro atoms. The van der Waals surface area contributed by atoms with E-state index in [1.165, 1.54) is 25.0 Å². The number of thioether (sulfide) groups is 1. The van der Waals surface area contributed by atoms with Crippen molar-refractivity contribution in [2.75, 3.05) is 42.3 Å². The molecule has 0 fully saturated rings. The minimum atomic E-state index is 0.456. The van der Waals surface area contributed by atoms with Gasteiger partial charge in [-0.2, -0.15) is 11.8 Å². The zero-order valence-electron chi connectivity index (χ0n) is 13.4. The van der Waals surface area contributed by atoms with E-state index in [4.69, 9.17) is 4.74 Å². The number of nitrogens with zero attached hydrogens (tertiary/aromatic N) is 2. The van der Waals surface area contributed by atoms with Gasteiger partial charge in [-0.1, -0.05) is 6.42 Å². The van der Waals surface area contributed by atoms with Crippen molar-refractivity contribution in [1.29, 1.82) is 0 Å². The van der Waals surface area contributed by atoms with Crippen LogP contribution < -0.4 is 10.6 Å². The zero-order valence-corrected chi connectivity index (χ0v) is 14.3. The summed E-state index contributed by atoms with van der Waals surface area (Å²) in [6, 6.07) is 1.96. The molecule has 1 aromatic heterocycles. The molecule has 0 bridgehead atoms. The summed E-state index contributed by atoms with van der Waals surface area (Å²) >= 11 is 1.91. The maximum atomic E-state index is 5.39. The lowest BCUT2D eigenvalue weighted by Gasteiger charge is -2.10. The van der Waals surface area contributed by atoms with Crippen LogP contribution in [0.25, 0.3) is 0 Å². The van der Waals surface area contributed by atoms with Gasteiger partial charge < -0.3 is 15.4 Å². The number of nitrogens with one attached hydrogen (secondary N) is 2. The van der Waals surface area contributed by atoms with E-state index >= 15 is 0 Å². The van der Waals surface area contributed by atoms with Crippen molar-refractivity contribution in [3.8, 4) is 0 Å². The first-order valence-corrected chi connectivity index (χ1v) is 9.11. The monoisotopic (exact) mass is 312 g/mol. The second-order valence-corrected chi connectivity index (χ2v) is 5.69. The van der Waals surface area contributed by atoms with Gasteiger partial charge in [0.05, 0.1) is 0 Å². The molecular weight excluding hydrogens is 284 g/mol. The molecule has 0 amide bonds. The Kier molecular flexibility index (Phi) is 9.99. The van der Waals surface area contributed by atoms with Crippen LogP contribution in [-0.4, -0.2) is 41.7 Å². The molecule has 2 N–H and O–H groups in total. The first-order valence-electron chi connectivity index (χ1n) is 7.72. The first-order chi connectivity index (χ1) is 10.3. The van der Waals surface area contributed by atoms with E-state index < -0.39 is 0 Å². The SMILES string of the molecule is CCNc1cc(NCCCCCSC)nc(COCC)n1. The fraction of sp³-hybridized carbons (Fsp3) is 0.733. The van der Waals surface area contributed by atoms with Gasteiger partial charge >= 0.3 is 0 Å². The molecule has 6 heteroatoms. The number of anilines is 2. The van der Waals surface area contributed by atoms with Crippen LogP contribution in [0.1, 0.15) is 38.9 Å². The van der Waals surface area contributed by atoms with Gasteiger partial charge in [0, 0.05) is 25.8 Å². The van der Waals surface area contributed by atoms with E-state index in [2.05, 4.69) is 33.8 Å². The predicted molar refractivity (Wildman–Crippen MR) is 92.2 cm³/mol. The molecule has 0 saturated carbocycles. The second kappa shape index (κ2) is 11.6. The van der Waals surface area contributed by atoms with Crippen LogP contribution in [0.5, 0.6) is 0 Å². The molecule has 0 aliphatic carbocycles. The Labute approximate surface area is 132 Å². The molecule has 5 nitrogen and oxygen atoms in total. The molecular formula is C15H28N4OS. The Balaban J connectivity index is 2.48.